The monoisotopic (exact) mass is 388 g/mol. The summed E-state index contributed by atoms with van der Waals surface area (Å²) < 4.78 is 27.0. The maximum atomic E-state index is 13.3. The van der Waals surface area contributed by atoms with Gasteiger partial charge in [0, 0.05) is 31.5 Å². The Morgan fingerprint density at radius 2 is 2.11 bits per heavy atom. The van der Waals surface area contributed by atoms with E-state index in [2.05, 4.69) is 10.1 Å². The second-order valence-electron chi connectivity index (χ2n) is 6.70. The summed E-state index contributed by atoms with van der Waals surface area (Å²) in [6.07, 6.45) is 7.99. The van der Waals surface area contributed by atoms with E-state index in [1.165, 1.54) is 4.40 Å². The number of imidazole rings is 1. The summed E-state index contributed by atoms with van der Waals surface area (Å²) in [5.74, 6) is -0.273. The number of rotatable bonds is 3. The minimum Gasteiger partial charge on any atom is -0.329 e. The van der Waals surface area contributed by atoms with Crippen LogP contribution >= 0.6 is 0 Å². The Morgan fingerprint density at radius 3 is 2.81 bits per heavy atom. The molecule has 4 rings (SSSR count). The maximum Gasteiger partial charge on any atom is 0.290 e. The predicted octanol–water partition coefficient (Wildman–Crippen LogP) is 1.08. The number of carbonyl (C=O) groups excluding carboxylic acids is 1. The first-order chi connectivity index (χ1) is 12.9. The van der Waals surface area contributed by atoms with Gasteiger partial charge in [-0.1, -0.05) is 6.07 Å². The lowest BCUT2D eigenvalue weighted by atomic mass is 9.97. The van der Waals surface area contributed by atoms with Crippen LogP contribution in [0.1, 0.15) is 41.5 Å². The predicted molar refractivity (Wildman–Crippen MR) is 97.4 cm³/mol. The molecule has 1 fully saturated rings. The minimum atomic E-state index is -4.05. The van der Waals surface area contributed by atoms with Gasteiger partial charge in [-0.2, -0.15) is 5.10 Å². The van der Waals surface area contributed by atoms with Gasteiger partial charge in [-0.15, -0.1) is 0 Å². The molecule has 1 saturated heterocycles. The van der Waals surface area contributed by atoms with Gasteiger partial charge in [-0.3, -0.25) is 13.9 Å². The Kier molecular flexibility index (Phi) is 4.23. The standard InChI is InChI=1S/C17H20N6O3S/c1-21-11-12(10-19-21)13-6-2-5-9-23(13)17(24)15-20-16(27(18,25)26)14-7-3-4-8-22(14)15/h3-4,7-8,10-11,13H,2,5-6,9H2,1H3,(H2,18,25,26). The van der Waals surface area contributed by atoms with E-state index in [1.54, 1.807) is 40.2 Å². The summed E-state index contributed by atoms with van der Waals surface area (Å²) in [6.45, 7) is 0.574. The van der Waals surface area contributed by atoms with Crippen molar-refractivity contribution in [2.45, 2.75) is 30.3 Å². The van der Waals surface area contributed by atoms with Gasteiger partial charge < -0.3 is 4.90 Å². The third-order valence-electron chi connectivity index (χ3n) is 4.85. The van der Waals surface area contributed by atoms with Gasteiger partial charge in [0.15, 0.2) is 5.03 Å². The maximum absolute atomic E-state index is 13.3. The average molecular weight is 388 g/mol. The first-order valence-corrected chi connectivity index (χ1v) is 10.2. The van der Waals surface area contributed by atoms with Crippen molar-refractivity contribution in [2.24, 2.45) is 12.2 Å². The lowest BCUT2D eigenvalue weighted by molar-refractivity contribution is 0.0597. The number of primary sulfonamides is 1. The van der Waals surface area contributed by atoms with Crippen molar-refractivity contribution in [1.82, 2.24) is 24.1 Å². The lowest BCUT2D eigenvalue weighted by Gasteiger charge is -2.34. The van der Waals surface area contributed by atoms with Gasteiger partial charge in [0.05, 0.1) is 17.8 Å². The first kappa shape index (κ1) is 17.7. The highest BCUT2D eigenvalue weighted by molar-refractivity contribution is 7.89. The molecule has 0 aliphatic carbocycles. The van der Waals surface area contributed by atoms with Crippen LogP contribution in [0.3, 0.4) is 0 Å². The van der Waals surface area contributed by atoms with E-state index in [1.807, 2.05) is 13.2 Å². The summed E-state index contributed by atoms with van der Waals surface area (Å²) in [6, 6.07) is 4.86. The van der Waals surface area contributed by atoms with Gasteiger partial charge in [0.1, 0.15) is 0 Å². The molecule has 0 saturated carbocycles. The van der Waals surface area contributed by atoms with Crippen molar-refractivity contribution in [3.8, 4) is 0 Å². The molecule has 142 valence electrons. The van der Waals surface area contributed by atoms with Crippen LogP contribution in [0.5, 0.6) is 0 Å². The molecule has 1 unspecified atom stereocenters. The van der Waals surface area contributed by atoms with Gasteiger partial charge in [-0.25, -0.2) is 18.5 Å². The van der Waals surface area contributed by atoms with E-state index >= 15 is 0 Å². The number of piperidine rings is 1. The number of sulfonamides is 1. The quantitative estimate of drug-likeness (QED) is 0.721. The number of nitrogens with two attached hydrogens (primary N) is 1. The van der Waals surface area contributed by atoms with Crippen molar-refractivity contribution < 1.29 is 13.2 Å². The second kappa shape index (κ2) is 6.46. The van der Waals surface area contributed by atoms with Gasteiger partial charge in [0.25, 0.3) is 15.9 Å². The van der Waals surface area contributed by atoms with E-state index < -0.39 is 10.0 Å². The molecule has 27 heavy (non-hydrogen) atoms. The number of pyridine rings is 1. The SMILES string of the molecule is Cn1cc(C2CCCCN2C(=O)c2nc(S(N)(=O)=O)c3ccccn23)cn1. The minimum absolute atomic E-state index is 0.0467. The lowest BCUT2D eigenvalue weighted by Crippen LogP contribution is -2.39. The Labute approximate surface area is 156 Å². The Bertz CT molecular complexity index is 1120. The summed E-state index contributed by atoms with van der Waals surface area (Å²) in [5, 5.41) is 9.21. The van der Waals surface area contributed by atoms with Crippen molar-refractivity contribution in [3.05, 3.63) is 48.2 Å². The number of nitrogens with zero attached hydrogens (tertiary/aromatic N) is 5. The van der Waals surface area contributed by atoms with Crippen LogP contribution in [0.15, 0.2) is 41.8 Å². The normalized spacial score (nSPS) is 18.1. The molecule has 1 aliphatic heterocycles. The summed E-state index contributed by atoms with van der Waals surface area (Å²) in [5.41, 5.74) is 1.25. The van der Waals surface area contributed by atoms with E-state index in [0.29, 0.717) is 12.1 Å². The van der Waals surface area contributed by atoms with E-state index in [-0.39, 0.29) is 22.8 Å². The van der Waals surface area contributed by atoms with Crippen LogP contribution in [0.4, 0.5) is 0 Å². The van der Waals surface area contributed by atoms with Gasteiger partial charge >= 0.3 is 0 Å². The number of hydrogen-bond acceptors (Lipinski definition) is 5. The molecular formula is C17H20N6O3S. The van der Waals surface area contributed by atoms with Crippen LogP contribution in [-0.2, 0) is 17.1 Å². The third kappa shape index (κ3) is 3.10. The smallest absolute Gasteiger partial charge is 0.290 e. The largest absolute Gasteiger partial charge is 0.329 e. The number of hydrogen-bond donors (Lipinski definition) is 1. The zero-order valence-corrected chi connectivity index (χ0v) is 15.6. The topological polar surface area (TPSA) is 116 Å². The Morgan fingerprint density at radius 1 is 1.30 bits per heavy atom. The van der Waals surface area contributed by atoms with Crippen LogP contribution in [0.25, 0.3) is 5.52 Å². The molecule has 2 N–H and O–H groups in total. The summed E-state index contributed by atoms with van der Waals surface area (Å²) in [4.78, 5) is 19.2. The fraction of sp³-hybridized carbons (Fsp3) is 0.353. The fourth-order valence-electron chi connectivity index (χ4n) is 3.63. The van der Waals surface area contributed by atoms with E-state index in [9.17, 15) is 13.2 Å². The van der Waals surface area contributed by atoms with E-state index in [0.717, 1.165) is 24.8 Å². The number of aromatic nitrogens is 4. The molecule has 3 aromatic rings. The van der Waals surface area contributed by atoms with Crippen molar-refractivity contribution in [1.29, 1.82) is 0 Å². The highest BCUT2D eigenvalue weighted by Crippen LogP contribution is 2.32. The number of likely N-dealkylation sites (tertiary alicyclic amines) is 1. The third-order valence-corrected chi connectivity index (χ3v) is 5.69. The molecule has 3 aromatic heterocycles. The number of amides is 1. The highest BCUT2D eigenvalue weighted by Gasteiger charge is 2.33. The van der Waals surface area contributed by atoms with Crippen molar-refractivity contribution in [3.63, 3.8) is 0 Å². The zero-order chi connectivity index (χ0) is 19.2. The molecular weight excluding hydrogens is 368 g/mol. The van der Waals surface area contributed by atoms with Crippen molar-refractivity contribution in [2.75, 3.05) is 6.54 Å². The van der Waals surface area contributed by atoms with Gasteiger partial charge in [0.2, 0.25) is 5.82 Å². The summed E-state index contributed by atoms with van der Waals surface area (Å²) in [7, 11) is -2.22. The van der Waals surface area contributed by atoms with Crippen LogP contribution in [-0.4, -0.2) is 44.9 Å². The zero-order valence-electron chi connectivity index (χ0n) is 14.8. The molecule has 1 atom stereocenters. The van der Waals surface area contributed by atoms with Crippen molar-refractivity contribution >= 4 is 21.4 Å². The number of carbonyl (C=O) groups is 1. The molecule has 10 heteroatoms. The average Bonchev–Trinajstić information content (AvgIpc) is 3.25. The molecule has 1 aliphatic rings. The second-order valence-corrected chi connectivity index (χ2v) is 8.18. The summed E-state index contributed by atoms with van der Waals surface area (Å²) >= 11 is 0. The Hall–Kier alpha value is -2.72. The molecule has 1 amide bonds. The van der Waals surface area contributed by atoms with Gasteiger partial charge in [-0.05, 0) is 31.4 Å². The molecule has 0 spiro atoms. The van der Waals surface area contributed by atoms with Crippen LogP contribution in [0.2, 0.25) is 0 Å². The molecule has 0 aromatic carbocycles. The Balaban J connectivity index is 1.80. The number of fused-ring (bicyclic) bond motifs is 1. The fourth-order valence-corrected chi connectivity index (χ4v) is 4.30. The number of aryl methyl sites for hydroxylation is 1. The van der Waals surface area contributed by atoms with Crippen LogP contribution in [0, 0.1) is 0 Å². The van der Waals surface area contributed by atoms with Crippen LogP contribution < -0.4 is 5.14 Å². The molecule has 9 nitrogen and oxygen atoms in total. The molecule has 0 bridgehead atoms. The van der Waals surface area contributed by atoms with E-state index in [4.69, 9.17) is 5.14 Å². The molecule has 4 heterocycles. The molecule has 0 radical (unpaired) electrons. The first-order valence-electron chi connectivity index (χ1n) is 8.65. The highest BCUT2D eigenvalue weighted by atomic mass is 32.2.